The summed E-state index contributed by atoms with van der Waals surface area (Å²) in [4.78, 5) is 8.00. The lowest BCUT2D eigenvalue weighted by Gasteiger charge is -2.10. The van der Waals surface area contributed by atoms with Crippen LogP contribution in [0.15, 0.2) is 48.1 Å². The summed E-state index contributed by atoms with van der Waals surface area (Å²) >= 11 is 0. The minimum Gasteiger partial charge on any atom is -0.307 e. The first-order valence-electron chi connectivity index (χ1n) is 7.18. The van der Waals surface area contributed by atoms with Gasteiger partial charge in [0.15, 0.2) is 0 Å². The highest BCUT2D eigenvalue weighted by atomic mass is 19.1. The fourth-order valence-corrected chi connectivity index (χ4v) is 2.41. The number of aryl methyl sites for hydroxylation is 1. The van der Waals surface area contributed by atoms with Crippen LogP contribution in [-0.4, -0.2) is 6.79 Å². The topological polar surface area (TPSA) is 17.1 Å². The smallest absolute Gasteiger partial charge is 0.123 e. The third-order valence-corrected chi connectivity index (χ3v) is 3.65. The molecule has 0 bridgehead atoms. The number of hydrogen-bond acceptors (Lipinski definition) is 1. The molecule has 0 aliphatic heterocycles. The Morgan fingerprint density at radius 3 is 2.60 bits per heavy atom. The van der Waals surface area contributed by atoms with Crippen molar-refractivity contribution in [1.29, 1.82) is 0 Å². The van der Waals surface area contributed by atoms with Gasteiger partial charge >= 0.3 is 0 Å². The first kappa shape index (κ1) is 16.4. The van der Waals surface area contributed by atoms with Crippen molar-refractivity contribution in [1.82, 2.24) is 0 Å². The van der Waals surface area contributed by atoms with Gasteiger partial charge in [-0.15, -0.1) is 0 Å². The van der Waals surface area contributed by atoms with Gasteiger partial charge in [0.25, 0.3) is 0 Å². The van der Waals surface area contributed by atoms with Gasteiger partial charge in [-0.2, -0.15) is 0 Å². The van der Waals surface area contributed by atoms with Crippen LogP contribution in [0.1, 0.15) is 38.2 Å². The van der Waals surface area contributed by atoms with E-state index in [0.717, 1.165) is 19.3 Å². The van der Waals surface area contributed by atoms with E-state index in [4.69, 9.17) is 4.79 Å². The zero-order valence-electron chi connectivity index (χ0n) is 12.1. The van der Waals surface area contributed by atoms with E-state index in [1.807, 2.05) is 18.9 Å². The largest absolute Gasteiger partial charge is 0.307 e. The summed E-state index contributed by atoms with van der Waals surface area (Å²) in [5, 5.41) is 0. The van der Waals surface area contributed by atoms with E-state index in [9.17, 15) is 4.39 Å². The molecule has 0 N–H and O–H groups in total. The second kappa shape index (κ2) is 9.24. The highest BCUT2D eigenvalue weighted by Gasteiger charge is 2.07. The van der Waals surface area contributed by atoms with Crippen LogP contribution in [0.25, 0.3) is 0 Å². The van der Waals surface area contributed by atoms with Gasteiger partial charge < -0.3 is 4.79 Å². The molecule has 0 saturated carbocycles. The summed E-state index contributed by atoms with van der Waals surface area (Å²) in [6.07, 6.45) is 12.7. The molecule has 1 aliphatic carbocycles. The quantitative estimate of drug-likeness (QED) is 0.765. The van der Waals surface area contributed by atoms with E-state index in [1.54, 1.807) is 12.1 Å². The van der Waals surface area contributed by atoms with Crippen LogP contribution < -0.4 is 0 Å². The van der Waals surface area contributed by atoms with E-state index in [-0.39, 0.29) is 5.82 Å². The molecule has 20 heavy (non-hydrogen) atoms. The predicted molar refractivity (Wildman–Crippen MR) is 82.1 cm³/mol. The second-order valence-corrected chi connectivity index (χ2v) is 4.99. The Morgan fingerprint density at radius 1 is 1.25 bits per heavy atom. The van der Waals surface area contributed by atoms with E-state index in [1.165, 1.54) is 24.0 Å². The number of halogens is 1. The number of rotatable bonds is 4. The molecular weight excluding hydrogens is 251 g/mol. The first-order valence-corrected chi connectivity index (χ1v) is 7.18. The Morgan fingerprint density at radius 2 is 1.95 bits per heavy atom. The van der Waals surface area contributed by atoms with Crippen LogP contribution in [0.5, 0.6) is 0 Å². The van der Waals surface area contributed by atoms with E-state index in [0.29, 0.717) is 5.92 Å². The molecule has 0 saturated heterocycles. The van der Waals surface area contributed by atoms with Crippen LogP contribution in [0.3, 0.4) is 0 Å². The summed E-state index contributed by atoms with van der Waals surface area (Å²) < 4.78 is 12.8. The molecule has 0 fully saturated rings. The molecule has 0 radical (unpaired) electrons. The lowest BCUT2D eigenvalue weighted by atomic mass is 9.95. The van der Waals surface area contributed by atoms with Crippen LogP contribution in [0, 0.1) is 11.7 Å². The van der Waals surface area contributed by atoms with Gasteiger partial charge in [0.05, 0.1) is 0 Å². The average Bonchev–Trinajstić information content (AvgIpc) is 2.74. The van der Waals surface area contributed by atoms with Crippen molar-refractivity contribution in [3.05, 3.63) is 59.4 Å². The highest BCUT2D eigenvalue weighted by molar-refractivity contribution is 5.21. The highest BCUT2D eigenvalue weighted by Crippen LogP contribution is 2.22. The van der Waals surface area contributed by atoms with Gasteiger partial charge in [0, 0.05) is 0 Å². The number of allylic oxidation sites excluding steroid dienone is 4. The van der Waals surface area contributed by atoms with E-state index >= 15 is 0 Å². The Balaban J connectivity index is 0.000000956. The standard InChI is InChI=1S/C17H21F.CH2O/c1-2-14-4-3-5-15(7-6-14)8-9-16-10-12-17(18)13-11-16;1-2/h4,6-7,10-13,15H,2-3,5,8-9H2,1H3;1H2. The number of carbonyl (C=O) groups is 1. The van der Waals surface area contributed by atoms with Crippen LogP contribution in [0.4, 0.5) is 4.39 Å². The third-order valence-electron chi connectivity index (χ3n) is 3.65. The summed E-state index contributed by atoms with van der Waals surface area (Å²) in [7, 11) is 0. The molecular formula is C18H23FO. The molecule has 0 spiro atoms. The van der Waals surface area contributed by atoms with Gasteiger partial charge in [-0.25, -0.2) is 4.39 Å². The van der Waals surface area contributed by atoms with Crippen molar-refractivity contribution in [3.63, 3.8) is 0 Å². The maximum absolute atomic E-state index is 12.8. The SMILES string of the molecule is C=O.CCC1=CCCC(CCc2ccc(F)cc2)C=C1. The second-order valence-electron chi connectivity index (χ2n) is 4.99. The summed E-state index contributed by atoms with van der Waals surface area (Å²) in [6.45, 7) is 4.20. The molecule has 1 aromatic rings. The maximum atomic E-state index is 12.8. The van der Waals surface area contributed by atoms with Gasteiger partial charge in [-0.1, -0.05) is 42.9 Å². The number of carbonyl (C=O) groups excluding carboxylic acids is 1. The lowest BCUT2D eigenvalue weighted by molar-refractivity contribution is -0.0979. The van der Waals surface area contributed by atoms with Crippen molar-refractivity contribution < 1.29 is 9.18 Å². The van der Waals surface area contributed by atoms with E-state index < -0.39 is 0 Å². The Bertz CT molecular complexity index is 445. The average molecular weight is 274 g/mol. The zero-order chi connectivity index (χ0) is 14.8. The van der Waals surface area contributed by atoms with Gasteiger partial charge in [0.2, 0.25) is 0 Å². The maximum Gasteiger partial charge on any atom is 0.123 e. The molecule has 108 valence electrons. The van der Waals surface area contributed by atoms with Crippen molar-refractivity contribution >= 4 is 6.79 Å². The molecule has 0 aromatic heterocycles. The molecule has 0 amide bonds. The van der Waals surface area contributed by atoms with Crippen molar-refractivity contribution in [2.24, 2.45) is 5.92 Å². The lowest BCUT2D eigenvalue weighted by Crippen LogP contribution is -1.98. The molecule has 1 atom stereocenters. The van der Waals surface area contributed by atoms with E-state index in [2.05, 4.69) is 25.2 Å². The van der Waals surface area contributed by atoms with Crippen molar-refractivity contribution in [2.75, 3.05) is 0 Å². The normalized spacial score (nSPS) is 17.7. The fraction of sp³-hybridized carbons (Fsp3) is 0.389. The summed E-state index contributed by atoms with van der Waals surface area (Å²) in [6, 6.07) is 6.89. The first-order chi connectivity index (χ1) is 9.78. The number of benzene rings is 1. The Hall–Kier alpha value is -1.70. The Kier molecular flexibility index (Phi) is 7.56. The predicted octanol–water partition coefficient (Wildman–Crippen LogP) is 4.88. The van der Waals surface area contributed by atoms with Crippen molar-refractivity contribution in [2.45, 2.75) is 39.0 Å². The zero-order valence-corrected chi connectivity index (χ0v) is 12.1. The molecule has 2 rings (SSSR count). The Labute approximate surface area is 121 Å². The monoisotopic (exact) mass is 274 g/mol. The van der Waals surface area contributed by atoms with Crippen LogP contribution in [-0.2, 0) is 11.2 Å². The number of hydrogen-bond donors (Lipinski definition) is 0. The summed E-state index contributed by atoms with van der Waals surface area (Å²) in [5.74, 6) is 0.514. The van der Waals surface area contributed by atoms with Crippen LogP contribution in [0.2, 0.25) is 0 Å². The molecule has 1 aliphatic rings. The molecule has 1 aromatic carbocycles. The minimum absolute atomic E-state index is 0.148. The van der Waals surface area contributed by atoms with Crippen LogP contribution >= 0.6 is 0 Å². The molecule has 2 heteroatoms. The molecule has 0 heterocycles. The van der Waals surface area contributed by atoms with Crippen molar-refractivity contribution in [3.8, 4) is 0 Å². The minimum atomic E-state index is -0.148. The van der Waals surface area contributed by atoms with Gasteiger partial charge in [0.1, 0.15) is 12.6 Å². The van der Waals surface area contributed by atoms with Gasteiger partial charge in [-0.3, -0.25) is 0 Å². The van der Waals surface area contributed by atoms with Gasteiger partial charge in [-0.05, 0) is 55.7 Å². The summed E-state index contributed by atoms with van der Waals surface area (Å²) in [5.41, 5.74) is 2.69. The third kappa shape index (κ3) is 5.52. The molecule has 1 unspecified atom stereocenters. The molecule has 1 nitrogen and oxygen atoms in total. The fourth-order valence-electron chi connectivity index (χ4n) is 2.41.